The van der Waals surface area contributed by atoms with Gasteiger partial charge in [0, 0.05) is 35.1 Å². The average molecular weight is 327 g/mol. The van der Waals surface area contributed by atoms with Gasteiger partial charge in [0.25, 0.3) is 0 Å². The monoisotopic (exact) mass is 327 g/mol. The Hall–Kier alpha value is -2.38. The number of anilines is 1. The molecule has 7 heteroatoms. The van der Waals surface area contributed by atoms with Crippen molar-refractivity contribution in [3.8, 4) is 11.4 Å². The van der Waals surface area contributed by atoms with Gasteiger partial charge in [-0.15, -0.1) is 11.3 Å². The molecule has 0 saturated carbocycles. The van der Waals surface area contributed by atoms with Crippen molar-refractivity contribution in [2.45, 2.75) is 26.5 Å². The van der Waals surface area contributed by atoms with Gasteiger partial charge in [-0.2, -0.15) is 0 Å². The van der Waals surface area contributed by atoms with Gasteiger partial charge in [-0.05, 0) is 18.6 Å². The van der Waals surface area contributed by atoms with Crippen LogP contribution in [0.15, 0.2) is 36.0 Å². The first kappa shape index (κ1) is 15.5. The van der Waals surface area contributed by atoms with Crippen molar-refractivity contribution in [2.75, 3.05) is 5.32 Å². The summed E-state index contributed by atoms with van der Waals surface area (Å²) < 4.78 is 0. The second-order valence-electron chi connectivity index (χ2n) is 4.90. The van der Waals surface area contributed by atoms with Crippen molar-refractivity contribution >= 4 is 17.2 Å². The third-order valence-corrected chi connectivity index (χ3v) is 4.16. The summed E-state index contributed by atoms with van der Waals surface area (Å²) in [5, 5.41) is 15.1. The lowest BCUT2D eigenvalue weighted by Gasteiger charge is -2.08. The van der Waals surface area contributed by atoms with Crippen molar-refractivity contribution in [2.24, 2.45) is 0 Å². The number of thiazole rings is 1. The summed E-state index contributed by atoms with van der Waals surface area (Å²) in [6, 6.07) is 5.74. The van der Waals surface area contributed by atoms with E-state index in [1.165, 1.54) is 11.3 Å². The van der Waals surface area contributed by atoms with E-state index in [2.05, 4.69) is 32.2 Å². The maximum atomic E-state index is 9.06. The molecule has 0 unspecified atom stereocenters. The molecule has 118 valence electrons. The van der Waals surface area contributed by atoms with Gasteiger partial charge < -0.3 is 10.4 Å². The number of nitrogens with zero attached hydrogens (tertiary/aromatic N) is 4. The Kier molecular flexibility index (Phi) is 4.89. The number of nitrogens with one attached hydrogen (secondary N) is 1. The van der Waals surface area contributed by atoms with Crippen LogP contribution in [0, 0.1) is 0 Å². The Morgan fingerprint density at radius 2 is 1.96 bits per heavy atom. The second kappa shape index (κ2) is 7.26. The van der Waals surface area contributed by atoms with Gasteiger partial charge in [0.1, 0.15) is 10.8 Å². The van der Waals surface area contributed by atoms with Crippen molar-refractivity contribution < 1.29 is 5.11 Å². The summed E-state index contributed by atoms with van der Waals surface area (Å²) in [5.41, 5.74) is 2.61. The molecule has 0 aromatic carbocycles. The van der Waals surface area contributed by atoms with E-state index in [9.17, 15) is 0 Å². The van der Waals surface area contributed by atoms with Crippen LogP contribution in [-0.2, 0) is 19.6 Å². The number of pyridine rings is 1. The summed E-state index contributed by atoms with van der Waals surface area (Å²) in [5.74, 6) is 1.45. The van der Waals surface area contributed by atoms with Crippen molar-refractivity contribution in [3.63, 3.8) is 0 Å². The number of aliphatic hydroxyl groups excluding tert-OH is 1. The lowest BCUT2D eigenvalue weighted by atomic mass is 10.2. The molecular formula is C16H17N5OS. The van der Waals surface area contributed by atoms with E-state index in [0.717, 1.165) is 28.5 Å². The smallest absolute Gasteiger partial charge is 0.161 e. The molecule has 3 heterocycles. The first-order valence-electron chi connectivity index (χ1n) is 7.35. The molecule has 3 aromatic rings. The van der Waals surface area contributed by atoms with Crippen LogP contribution in [0.1, 0.15) is 23.3 Å². The molecule has 2 N–H and O–H groups in total. The minimum atomic E-state index is -0.0316. The third kappa shape index (κ3) is 3.88. The summed E-state index contributed by atoms with van der Waals surface area (Å²) in [6.45, 7) is 2.60. The molecule has 0 atom stereocenters. The molecule has 0 saturated heterocycles. The highest BCUT2D eigenvalue weighted by Crippen LogP contribution is 2.18. The van der Waals surface area contributed by atoms with Crippen LogP contribution in [0.25, 0.3) is 11.4 Å². The zero-order valence-corrected chi connectivity index (χ0v) is 13.5. The molecule has 0 fully saturated rings. The standard InChI is InChI=1S/C16H17N5OS/c1-2-12-7-14(18-8-15-19-13(9-22)10-23-15)21-16(20-12)11-3-5-17-6-4-11/h3-7,10,22H,2,8-9H2,1H3,(H,18,20,21). The minimum absolute atomic E-state index is 0.0316. The van der Waals surface area contributed by atoms with Crippen molar-refractivity contribution in [1.82, 2.24) is 19.9 Å². The lowest BCUT2D eigenvalue weighted by molar-refractivity contribution is 0.277. The van der Waals surface area contributed by atoms with E-state index in [0.29, 0.717) is 18.1 Å². The van der Waals surface area contributed by atoms with Crippen LogP contribution in [0.5, 0.6) is 0 Å². The van der Waals surface area contributed by atoms with Crippen molar-refractivity contribution in [3.05, 3.63) is 52.4 Å². The highest BCUT2D eigenvalue weighted by Gasteiger charge is 2.07. The zero-order valence-electron chi connectivity index (χ0n) is 12.7. The SMILES string of the molecule is CCc1cc(NCc2nc(CO)cs2)nc(-c2ccncc2)n1. The fraction of sp³-hybridized carbons (Fsp3) is 0.250. The van der Waals surface area contributed by atoms with E-state index < -0.39 is 0 Å². The molecule has 0 aliphatic carbocycles. The van der Waals surface area contributed by atoms with E-state index in [1.807, 2.05) is 23.6 Å². The topological polar surface area (TPSA) is 83.8 Å². The third-order valence-electron chi connectivity index (χ3n) is 3.26. The molecule has 0 bridgehead atoms. The predicted molar refractivity (Wildman–Crippen MR) is 90.0 cm³/mol. The molecule has 0 radical (unpaired) electrons. The van der Waals surface area contributed by atoms with E-state index in [4.69, 9.17) is 5.11 Å². The first-order valence-corrected chi connectivity index (χ1v) is 8.23. The Morgan fingerprint density at radius 3 is 2.65 bits per heavy atom. The van der Waals surface area contributed by atoms with Crippen LogP contribution in [0.4, 0.5) is 5.82 Å². The number of hydrogen-bond acceptors (Lipinski definition) is 7. The van der Waals surface area contributed by atoms with Crippen LogP contribution in [0.3, 0.4) is 0 Å². The highest BCUT2D eigenvalue weighted by atomic mass is 32.1. The van der Waals surface area contributed by atoms with E-state index >= 15 is 0 Å². The summed E-state index contributed by atoms with van der Waals surface area (Å²) in [7, 11) is 0. The van der Waals surface area contributed by atoms with E-state index in [-0.39, 0.29) is 6.61 Å². The number of aryl methyl sites for hydroxylation is 1. The van der Waals surface area contributed by atoms with Gasteiger partial charge >= 0.3 is 0 Å². The number of aromatic nitrogens is 4. The first-order chi connectivity index (χ1) is 11.3. The summed E-state index contributed by atoms with van der Waals surface area (Å²) in [6.07, 6.45) is 4.30. The summed E-state index contributed by atoms with van der Waals surface area (Å²) in [4.78, 5) is 17.5. The Labute approximate surface area is 138 Å². The maximum Gasteiger partial charge on any atom is 0.161 e. The fourth-order valence-electron chi connectivity index (χ4n) is 2.07. The molecule has 0 aliphatic rings. The molecule has 0 amide bonds. The minimum Gasteiger partial charge on any atom is -0.390 e. The largest absolute Gasteiger partial charge is 0.390 e. The van der Waals surface area contributed by atoms with Gasteiger partial charge in [-0.25, -0.2) is 15.0 Å². The zero-order chi connectivity index (χ0) is 16.1. The van der Waals surface area contributed by atoms with Crippen LogP contribution in [0.2, 0.25) is 0 Å². The molecule has 6 nitrogen and oxygen atoms in total. The Morgan fingerprint density at radius 1 is 1.13 bits per heavy atom. The normalized spacial score (nSPS) is 10.7. The quantitative estimate of drug-likeness (QED) is 0.724. The number of rotatable bonds is 6. The number of hydrogen-bond donors (Lipinski definition) is 2. The molecule has 3 rings (SSSR count). The van der Waals surface area contributed by atoms with E-state index in [1.54, 1.807) is 12.4 Å². The average Bonchev–Trinajstić information content (AvgIpc) is 3.08. The second-order valence-corrected chi connectivity index (χ2v) is 5.84. The van der Waals surface area contributed by atoms with Crippen LogP contribution >= 0.6 is 11.3 Å². The summed E-state index contributed by atoms with van der Waals surface area (Å²) >= 11 is 1.52. The Balaban J connectivity index is 1.81. The molecular weight excluding hydrogens is 310 g/mol. The molecule has 3 aromatic heterocycles. The van der Waals surface area contributed by atoms with Crippen molar-refractivity contribution in [1.29, 1.82) is 0 Å². The van der Waals surface area contributed by atoms with Gasteiger partial charge in [-0.3, -0.25) is 4.98 Å². The van der Waals surface area contributed by atoms with Crippen LogP contribution in [-0.4, -0.2) is 25.0 Å². The number of aliphatic hydroxyl groups is 1. The van der Waals surface area contributed by atoms with Gasteiger partial charge in [0.05, 0.1) is 18.8 Å². The molecule has 23 heavy (non-hydrogen) atoms. The van der Waals surface area contributed by atoms with Crippen LogP contribution < -0.4 is 5.32 Å². The predicted octanol–water partition coefficient (Wildman–Crippen LogP) is 2.66. The lowest BCUT2D eigenvalue weighted by Crippen LogP contribution is -2.05. The fourth-order valence-corrected chi connectivity index (χ4v) is 2.79. The van der Waals surface area contributed by atoms with Gasteiger partial charge in [-0.1, -0.05) is 6.92 Å². The highest BCUT2D eigenvalue weighted by molar-refractivity contribution is 7.09. The van der Waals surface area contributed by atoms with Gasteiger partial charge in [0.2, 0.25) is 0 Å². The molecule has 0 spiro atoms. The molecule has 0 aliphatic heterocycles. The van der Waals surface area contributed by atoms with Gasteiger partial charge in [0.15, 0.2) is 5.82 Å². The Bertz CT molecular complexity index is 775. The maximum absolute atomic E-state index is 9.06.